The summed E-state index contributed by atoms with van der Waals surface area (Å²) in [5, 5.41) is 2.57. The van der Waals surface area contributed by atoms with Crippen molar-refractivity contribution in [3.05, 3.63) is 29.3 Å². The monoisotopic (exact) mass is 231 g/mol. The first kappa shape index (κ1) is 12.8. The predicted molar refractivity (Wildman–Crippen MR) is 63.9 cm³/mol. The van der Waals surface area contributed by atoms with Crippen molar-refractivity contribution >= 4 is 12.2 Å². The molecule has 4 heteroatoms. The van der Waals surface area contributed by atoms with Crippen LogP contribution in [0.15, 0.2) is 18.2 Å². The van der Waals surface area contributed by atoms with Crippen LogP contribution in [-0.2, 0) is 4.79 Å². The Morgan fingerprint density at radius 3 is 2.88 bits per heavy atom. The molecule has 1 rings (SSSR count). The molecule has 0 aliphatic rings. The van der Waals surface area contributed by atoms with Crippen LogP contribution in [0.25, 0.3) is 0 Å². The highest BCUT2D eigenvalue weighted by Crippen LogP contribution is 2.17. The smallest absolute Gasteiger partial charge is 0.217 e. The number of methoxy groups -OCH3 is 1. The SMILES string of the molecule is COc1cc(C#CCNC(C)=O)ccc1C=O. The lowest BCUT2D eigenvalue weighted by atomic mass is 10.1. The summed E-state index contributed by atoms with van der Waals surface area (Å²) in [6.45, 7) is 1.73. The molecule has 0 atom stereocenters. The van der Waals surface area contributed by atoms with Gasteiger partial charge in [0.1, 0.15) is 5.75 Å². The van der Waals surface area contributed by atoms with E-state index < -0.39 is 0 Å². The summed E-state index contributed by atoms with van der Waals surface area (Å²) in [6.07, 6.45) is 0.730. The van der Waals surface area contributed by atoms with Crippen LogP contribution in [0.1, 0.15) is 22.8 Å². The molecule has 1 amide bonds. The number of rotatable bonds is 3. The average Bonchev–Trinajstić information content (AvgIpc) is 2.34. The first-order valence-corrected chi connectivity index (χ1v) is 5.04. The molecule has 88 valence electrons. The molecule has 0 aliphatic carbocycles. The Morgan fingerprint density at radius 1 is 1.53 bits per heavy atom. The van der Waals surface area contributed by atoms with E-state index in [2.05, 4.69) is 17.2 Å². The van der Waals surface area contributed by atoms with Gasteiger partial charge in [0.2, 0.25) is 5.91 Å². The second kappa shape index (κ2) is 6.33. The fraction of sp³-hybridized carbons (Fsp3) is 0.231. The van der Waals surface area contributed by atoms with E-state index >= 15 is 0 Å². The molecule has 0 radical (unpaired) electrons. The summed E-state index contributed by atoms with van der Waals surface area (Å²) < 4.78 is 5.05. The summed E-state index contributed by atoms with van der Waals surface area (Å²) in [5.74, 6) is 6.04. The van der Waals surface area contributed by atoms with Crippen LogP contribution < -0.4 is 10.1 Å². The molecule has 4 nitrogen and oxygen atoms in total. The van der Waals surface area contributed by atoms with Crippen LogP contribution in [0.2, 0.25) is 0 Å². The lowest BCUT2D eigenvalue weighted by Crippen LogP contribution is -2.19. The standard InChI is InChI=1S/C13H13NO3/c1-10(16)14-7-3-4-11-5-6-12(9-15)13(8-11)17-2/h5-6,8-9H,7H2,1-2H3,(H,14,16). The second-order valence-electron chi connectivity index (χ2n) is 3.29. The summed E-state index contributed by atoms with van der Waals surface area (Å²) in [4.78, 5) is 21.3. The quantitative estimate of drug-likeness (QED) is 0.623. The molecule has 0 aliphatic heterocycles. The average molecular weight is 231 g/mol. The third kappa shape index (κ3) is 3.99. The minimum Gasteiger partial charge on any atom is -0.496 e. The van der Waals surface area contributed by atoms with Gasteiger partial charge in [-0.15, -0.1) is 0 Å². The van der Waals surface area contributed by atoms with E-state index in [1.807, 2.05) is 0 Å². The molecule has 0 aromatic heterocycles. The normalized spacial score (nSPS) is 8.82. The molecule has 0 bridgehead atoms. The maximum absolute atomic E-state index is 10.7. The lowest BCUT2D eigenvalue weighted by Gasteiger charge is -2.02. The molecule has 0 saturated carbocycles. The molecule has 17 heavy (non-hydrogen) atoms. The molecule has 0 heterocycles. The highest BCUT2D eigenvalue weighted by Gasteiger charge is 2.01. The summed E-state index contributed by atoms with van der Waals surface area (Å²) >= 11 is 0. The van der Waals surface area contributed by atoms with Crippen LogP contribution in [-0.4, -0.2) is 25.8 Å². The first-order valence-electron chi connectivity index (χ1n) is 5.04. The number of amides is 1. The molecule has 0 unspecified atom stereocenters. The van der Waals surface area contributed by atoms with Crippen LogP contribution in [0.3, 0.4) is 0 Å². The second-order valence-corrected chi connectivity index (χ2v) is 3.29. The van der Waals surface area contributed by atoms with Gasteiger partial charge in [0.15, 0.2) is 6.29 Å². The first-order chi connectivity index (χ1) is 8.17. The van der Waals surface area contributed by atoms with Gasteiger partial charge in [0, 0.05) is 12.5 Å². The van der Waals surface area contributed by atoms with E-state index in [1.165, 1.54) is 14.0 Å². The maximum atomic E-state index is 10.7. The number of aldehydes is 1. The number of ether oxygens (including phenoxy) is 1. The van der Waals surface area contributed by atoms with Crippen molar-refractivity contribution in [3.63, 3.8) is 0 Å². The third-order valence-electron chi connectivity index (χ3n) is 2.02. The van der Waals surface area contributed by atoms with Gasteiger partial charge in [-0.25, -0.2) is 0 Å². The van der Waals surface area contributed by atoms with Gasteiger partial charge in [0.25, 0.3) is 0 Å². The molecule has 1 aromatic carbocycles. The largest absolute Gasteiger partial charge is 0.496 e. The van der Waals surface area contributed by atoms with E-state index in [1.54, 1.807) is 18.2 Å². The van der Waals surface area contributed by atoms with E-state index in [0.29, 0.717) is 17.9 Å². The van der Waals surface area contributed by atoms with Gasteiger partial charge in [-0.1, -0.05) is 11.8 Å². The Morgan fingerprint density at radius 2 is 2.29 bits per heavy atom. The van der Waals surface area contributed by atoms with E-state index in [0.717, 1.165) is 11.8 Å². The van der Waals surface area contributed by atoms with Crippen LogP contribution in [0, 0.1) is 11.8 Å². The third-order valence-corrected chi connectivity index (χ3v) is 2.02. The predicted octanol–water partition coefficient (Wildman–Crippen LogP) is 0.995. The fourth-order valence-electron chi connectivity index (χ4n) is 1.20. The number of hydrogen-bond donors (Lipinski definition) is 1. The van der Waals surface area contributed by atoms with Gasteiger partial charge in [0.05, 0.1) is 19.2 Å². The molecule has 0 spiro atoms. The summed E-state index contributed by atoms with van der Waals surface area (Å²) in [5.41, 5.74) is 1.22. The molecule has 0 saturated heterocycles. The number of carbonyl (C=O) groups excluding carboxylic acids is 2. The number of benzene rings is 1. The Bertz CT molecular complexity index is 483. The lowest BCUT2D eigenvalue weighted by molar-refractivity contribution is -0.118. The zero-order chi connectivity index (χ0) is 12.7. The van der Waals surface area contributed by atoms with E-state index in [4.69, 9.17) is 4.74 Å². The number of carbonyl (C=O) groups is 2. The Kier molecular flexibility index (Phi) is 4.77. The summed E-state index contributed by atoms with van der Waals surface area (Å²) in [7, 11) is 1.50. The van der Waals surface area contributed by atoms with E-state index in [-0.39, 0.29) is 5.91 Å². The van der Waals surface area contributed by atoms with Gasteiger partial charge in [-0.3, -0.25) is 9.59 Å². The van der Waals surface area contributed by atoms with Crippen molar-refractivity contribution in [3.8, 4) is 17.6 Å². The fourth-order valence-corrected chi connectivity index (χ4v) is 1.20. The van der Waals surface area contributed by atoms with Crippen molar-refractivity contribution < 1.29 is 14.3 Å². The molecule has 1 aromatic rings. The van der Waals surface area contributed by atoms with Crippen molar-refractivity contribution in [1.29, 1.82) is 0 Å². The van der Waals surface area contributed by atoms with Crippen molar-refractivity contribution in [2.75, 3.05) is 13.7 Å². The van der Waals surface area contributed by atoms with Crippen LogP contribution in [0.5, 0.6) is 5.75 Å². The van der Waals surface area contributed by atoms with Gasteiger partial charge in [-0.05, 0) is 18.2 Å². The minimum atomic E-state index is -0.117. The molecular weight excluding hydrogens is 218 g/mol. The Balaban J connectivity index is 2.78. The van der Waals surface area contributed by atoms with Crippen molar-refractivity contribution in [2.45, 2.75) is 6.92 Å². The Labute approximate surface area is 100.0 Å². The zero-order valence-corrected chi connectivity index (χ0v) is 9.74. The van der Waals surface area contributed by atoms with Crippen molar-refractivity contribution in [2.24, 2.45) is 0 Å². The molecular formula is C13H13NO3. The van der Waals surface area contributed by atoms with Gasteiger partial charge in [-0.2, -0.15) is 0 Å². The maximum Gasteiger partial charge on any atom is 0.217 e. The zero-order valence-electron chi connectivity index (χ0n) is 9.74. The number of nitrogens with one attached hydrogen (secondary N) is 1. The summed E-state index contributed by atoms with van der Waals surface area (Å²) in [6, 6.07) is 5.06. The molecule has 1 N–H and O–H groups in total. The number of hydrogen-bond acceptors (Lipinski definition) is 3. The minimum absolute atomic E-state index is 0.117. The van der Waals surface area contributed by atoms with Crippen LogP contribution >= 0.6 is 0 Å². The van der Waals surface area contributed by atoms with Gasteiger partial charge >= 0.3 is 0 Å². The van der Waals surface area contributed by atoms with Crippen molar-refractivity contribution in [1.82, 2.24) is 5.32 Å². The highest BCUT2D eigenvalue weighted by molar-refractivity contribution is 5.79. The van der Waals surface area contributed by atoms with E-state index in [9.17, 15) is 9.59 Å². The topological polar surface area (TPSA) is 55.4 Å². The van der Waals surface area contributed by atoms with Crippen LogP contribution in [0.4, 0.5) is 0 Å². The van der Waals surface area contributed by atoms with Gasteiger partial charge < -0.3 is 10.1 Å². The highest BCUT2D eigenvalue weighted by atomic mass is 16.5. The Hall–Kier alpha value is -2.28. The molecule has 0 fully saturated rings.